The SMILES string of the molecule is O=C(NC[C@@H]1CCCN2CCCC[C@H]12)c1ccc(NC(=O)c2ccc(N3C(=O)CCC3=O)cc2)cc1. The molecule has 2 atom stereocenters. The summed E-state index contributed by atoms with van der Waals surface area (Å²) in [5.41, 5.74) is 2.02. The molecule has 188 valence electrons. The minimum absolute atomic E-state index is 0.0950. The molecule has 4 amide bonds. The summed E-state index contributed by atoms with van der Waals surface area (Å²) in [6, 6.07) is 13.8. The molecule has 2 aromatic rings. The molecule has 8 heteroatoms. The maximum Gasteiger partial charge on any atom is 0.255 e. The molecule has 2 N–H and O–H groups in total. The molecular weight excluding hydrogens is 456 g/mol. The molecule has 8 nitrogen and oxygen atoms in total. The second-order valence-electron chi connectivity index (χ2n) is 9.91. The Bertz CT molecular complexity index is 1130. The summed E-state index contributed by atoms with van der Waals surface area (Å²) < 4.78 is 0. The van der Waals surface area contributed by atoms with Crippen LogP contribution in [0.4, 0.5) is 11.4 Å². The van der Waals surface area contributed by atoms with E-state index in [1.807, 2.05) is 0 Å². The highest BCUT2D eigenvalue weighted by molar-refractivity contribution is 6.20. The van der Waals surface area contributed by atoms with Crippen molar-refractivity contribution in [2.75, 3.05) is 29.9 Å². The van der Waals surface area contributed by atoms with Crippen LogP contribution >= 0.6 is 0 Å². The zero-order valence-corrected chi connectivity index (χ0v) is 20.4. The van der Waals surface area contributed by atoms with E-state index in [4.69, 9.17) is 0 Å². The number of hydrogen-bond donors (Lipinski definition) is 2. The molecular formula is C28H32N4O4. The summed E-state index contributed by atoms with van der Waals surface area (Å²) in [6.45, 7) is 3.07. The van der Waals surface area contributed by atoms with Crippen LogP contribution in [0, 0.1) is 5.92 Å². The summed E-state index contributed by atoms with van der Waals surface area (Å²) >= 11 is 0. The van der Waals surface area contributed by atoms with Crippen LogP contribution in [0.5, 0.6) is 0 Å². The van der Waals surface area contributed by atoms with Crippen LogP contribution in [0.3, 0.4) is 0 Å². The Hall–Kier alpha value is -3.52. The highest BCUT2D eigenvalue weighted by atomic mass is 16.2. The van der Waals surface area contributed by atoms with Gasteiger partial charge in [-0.3, -0.25) is 24.1 Å². The number of rotatable bonds is 6. The first kappa shape index (κ1) is 24.2. The average Bonchev–Trinajstić information content (AvgIpc) is 3.25. The lowest BCUT2D eigenvalue weighted by molar-refractivity contribution is -0.121. The third kappa shape index (κ3) is 5.18. The Kier molecular flexibility index (Phi) is 7.13. The summed E-state index contributed by atoms with van der Waals surface area (Å²) in [7, 11) is 0. The minimum Gasteiger partial charge on any atom is -0.352 e. The molecule has 0 radical (unpaired) electrons. The van der Waals surface area contributed by atoms with E-state index in [1.165, 1.54) is 38.8 Å². The maximum atomic E-state index is 12.7. The van der Waals surface area contributed by atoms with Crippen molar-refractivity contribution < 1.29 is 19.2 Å². The van der Waals surface area contributed by atoms with Gasteiger partial charge >= 0.3 is 0 Å². The smallest absolute Gasteiger partial charge is 0.255 e. The van der Waals surface area contributed by atoms with Crippen molar-refractivity contribution in [1.82, 2.24) is 10.2 Å². The Balaban J connectivity index is 1.14. The quantitative estimate of drug-likeness (QED) is 0.606. The molecule has 3 aliphatic heterocycles. The van der Waals surface area contributed by atoms with Crippen molar-refractivity contribution in [1.29, 1.82) is 0 Å². The first-order chi connectivity index (χ1) is 17.5. The maximum absolute atomic E-state index is 12.7. The molecule has 0 aromatic heterocycles. The van der Waals surface area contributed by atoms with Gasteiger partial charge in [-0.2, -0.15) is 0 Å². The Morgan fingerprint density at radius 1 is 0.778 bits per heavy atom. The number of carbonyl (C=O) groups is 4. The van der Waals surface area contributed by atoms with Crippen molar-refractivity contribution in [2.45, 2.75) is 51.0 Å². The number of fused-ring (bicyclic) bond motifs is 1. The fourth-order valence-electron chi connectivity index (χ4n) is 5.68. The van der Waals surface area contributed by atoms with Crippen LogP contribution in [-0.4, -0.2) is 54.2 Å². The molecule has 3 fully saturated rings. The molecule has 3 heterocycles. The van der Waals surface area contributed by atoms with E-state index in [0.717, 1.165) is 11.3 Å². The topological polar surface area (TPSA) is 98.8 Å². The largest absolute Gasteiger partial charge is 0.352 e. The molecule has 0 bridgehead atoms. The zero-order chi connectivity index (χ0) is 25.1. The van der Waals surface area contributed by atoms with Gasteiger partial charge in [-0.05, 0) is 93.2 Å². The lowest BCUT2D eigenvalue weighted by Crippen LogP contribution is -2.51. The molecule has 0 aliphatic carbocycles. The fraction of sp³-hybridized carbons (Fsp3) is 0.429. The van der Waals surface area contributed by atoms with Crippen LogP contribution in [0.1, 0.15) is 65.7 Å². The van der Waals surface area contributed by atoms with Gasteiger partial charge in [0, 0.05) is 42.2 Å². The lowest BCUT2D eigenvalue weighted by Gasteiger charge is -2.44. The van der Waals surface area contributed by atoms with E-state index >= 15 is 0 Å². The minimum atomic E-state index is -0.313. The summed E-state index contributed by atoms with van der Waals surface area (Å²) in [5, 5.41) is 5.94. The predicted octanol–water partition coefficient (Wildman–Crippen LogP) is 3.59. The normalized spacial score (nSPS) is 22.3. The summed E-state index contributed by atoms with van der Waals surface area (Å²) in [5.74, 6) is -0.351. The van der Waals surface area contributed by atoms with Crippen LogP contribution in [-0.2, 0) is 9.59 Å². The van der Waals surface area contributed by atoms with E-state index in [2.05, 4.69) is 15.5 Å². The van der Waals surface area contributed by atoms with E-state index < -0.39 is 0 Å². The summed E-state index contributed by atoms with van der Waals surface area (Å²) in [4.78, 5) is 52.9. The number of imide groups is 1. The molecule has 0 unspecified atom stereocenters. The van der Waals surface area contributed by atoms with Gasteiger partial charge in [0.1, 0.15) is 0 Å². The molecule has 36 heavy (non-hydrogen) atoms. The number of hydrogen-bond acceptors (Lipinski definition) is 5. The lowest BCUT2D eigenvalue weighted by atomic mass is 9.83. The summed E-state index contributed by atoms with van der Waals surface area (Å²) in [6.07, 6.45) is 6.58. The van der Waals surface area contributed by atoms with Gasteiger partial charge in [0.15, 0.2) is 0 Å². The monoisotopic (exact) mass is 488 g/mol. The van der Waals surface area contributed by atoms with Gasteiger partial charge in [-0.25, -0.2) is 0 Å². The molecule has 0 spiro atoms. The highest BCUT2D eigenvalue weighted by Crippen LogP contribution is 2.30. The number of piperidine rings is 2. The first-order valence-electron chi connectivity index (χ1n) is 12.9. The van der Waals surface area contributed by atoms with E-state index in [9.17, 15) is 19.2 Å². The van der Waals surface area contributed by atoms with Gasteiger partial charge < -0.3 is 15.5 Å². The van der Waals surface area contributed by atoms with Gasteiger partial charge in [0.25, 0.3) is 11.8 Å². The van der Waals surface area contributed by atoms with Gasteiger partial charge in [0.05, 0.1) is 5.69 Å². The van der Waals surface area contributed by atoms with Crippen molar-refractivity contribution in [2.24, 2.45) is 5.92 Å². The van der Waals surface area contributed by atoms with Gasteiger partial charge in [0.2, 0.25) is 11.8 Å². The molecule has 3 aliphatic rings. The van der Waals surface area contributed by atoms with Crippen molar-refractivity contribution in [3.8, 4) is 0 Å². The van der Waals surface area contributed by atoms with E-state index in [0.29, 0.717) is 41.0 Å². The van der Waals surface area contributed by atoms with Crippen LogP contribution in [0.2, 0.25) is 0 Å². The number of anilines is 2. The molecule has 5 rings (SSSR count). The van der Waals surface area contributed by atoms with Crippen molar-refractivity contribution in [3.63, 3.8) is 0 Å². The molecule has 0 saturated carbocycles. The average molecular weight is 489 g/mol. The molecule has 3 saturated heterocycles. The van der Waals surface area contributed by atoms with Crippen LogP contribution < -0.4 is 15.5 Å². The Morgan fingerprint density at radius 2 is 1.42 bits per heavy atom. The van der Waals surface area contributed by atoms with Gasteiger partial charge in [-0.1, -0.05) is 6.42 Å². The van der Waals surface area contributed by atoms with Crippen molar-refractivity contribution >= 4 is 35.0 Å². The number of benzene rings is 2. The number of nitrogens with one attached hydrogen (secondary N) is 2. The number of carbonyl (C=O) groups excluding carboxylic acids is 4. The second-order valence-corrected chi connectivity index (χ2v) is 9.91. The van der Waals surface area contributed by atoms with Gasteiger partial charge in [-0.15, -0.1) is 0 Å². The third-order valence-corrected chi connectivity index (χ3v) is 7.60. The number of amides is 4. The third-order valence-electron chi connectivity index (χ3n) is 7.60. The van der Waals surface area contributed by atoms with Crippen LogP contribution in [0.25, 0.3) is 0 Å². The second kappa shape index (κ2) is 10.6. The predicted molar refractivity (Wildman–Crippen MR) is 137 cm³/mol. The zero-order valence-electron chi connectivity index (χ0n) is 20.4. The van der Waals surface area contributed by atoms with Crippen molar-refractivity contribution in [3.05, 3.63) is 59.7 Å². The Labute approximate surface area is 211 Å². The van der Waals surface area contributed by atoms with E-state index in [1.54, 1.807) is 48.5 Å². The van der Waals surface area contributed by atoms with E-state index in [-0.39, 0.29) is 36.5 Å². The Morgan fingerprint density at radius 3 is 2.14 bits per heavy atom. The fourth-order valence-corrected chi connectivity index (χ4v) is 5.68. The highest BCUT2D eigenvalue weighted by Gasteiger charge is 2.33. The van der Waals surface area contributed by atoms with Crippen LogP contribution in [0.15, 0.2) is 48.5 Å². The number of nitrogens with zero attached hydrogens (tertiary/aromatic N) is 2. The molecule has 2 aromatic carbocycles. The first-order valence-corrected chi connectivity index (χ1v) is 12.9. The standard InChI is InChI=1S/C28H32N4O4/c33-25-14-15-26(34)32(25)23-12-8-20(9-13-23)28(36)30-22-10-6-19(7-11-22)27(35)29-18-21-4-3-17-31-16-2-1-5-24(21)31/h6-13,21,24H,1-5,14-18H2,(H,29,35)(H,30,36)/t21-,24+/m0/s1.